The zero-order chi connectivity index (χ0) is 13.4. The van der Waals surface area contributed by atoms with Crippen molar-refractivity contribution < 1.29 is 9.84 Å². The van der Waals surface area contributed by atoms with Gasteiger partial charge in [-0.05, 0) is 25.5 Å². The first-order chi connectivity index (χ1) is 8.63. The quantitative estimate of drug-likeness (QED) is 0.559. The molecule has 18 heavy (non-hydrogen) atoms. The van der Waals surface area contributed by atoms with Gasteiger partial charge in [0, 0.05) is 30.8 Å². The summed E-state index contributed by atoms with van der Waals surface area (Å²) < 4.78 is 4.93. The summed E-state index contributed by atoms with van der Waals surface area (Å²) in [5, 5.41) is 13.0. The van der Waals surface area contributed by atoms with Crippen LogP contribution in [0.3, 0.4) is 0 Å². The number of nitrogens with one attached hydrogen (secondary N) is 1. The molecule has 1 rings (SSSR count). The number of ether oxygens (including phenoxy) is 1. The molecular formula is C14H23NO2S. The second-order valence-corrected chi connectivity index (χ2v) is 5.49. The van der Waals surface area contributed by atoms with Crippen LogP contribution in [0.15, 0.2) is 23.1 Å². The second-order valence-electron chi connectivity index (χ2n) is 4.43. The molecule has 1 atom stereocenters. The number of thioether (sulfide) groups is 1. The second kappa shape index (κ2) is 8.53. The highest BCUT2D eigenvalue weighted by atomic mass is 32.2. The number of benzene rings is 1. The van der Waals surface area contributed by atoms with Crippen LogP contribution in [0.25, 0.3) is 0 Å². The highest BCUT2D eigenvalue weighted by Crippen LogP contribution is 2.23. The Morgan fingerprint density at radius 3 is 2.89 bits per heavy atom. The predicted molar refractivity (Wildman–Crippen MR) is 77.4 cm³/mol. The Morgan fingerprint density at radius 1 is 1.39 bits per heavy atom. The summed E-state index contributed by atoms with van der Waals surface area (Å²) >= 11 is 1.71. The van der Waals surface area contributed by atoms with Crippen LogP contribution in [-0.4, -0.2) is 43.8 Å². The maximum atomic E-state index is 9.85. The fraction of sp³-hybridized carbons (Fsp3) is 0.571. The van der Waals surface area contributed by atoms with Gasteiger partial charge < -0.3 is 15.2 Å². The average Bonchev–Trinajstić information content (AvgIpc) is 2.36. The van der Waals surface area contributed by atoms with Crippen molar-refractivity contribution in [2.75, 3.05) is 32.6 Å². The standard InChI is InChI=1S/C14H23NO2S/c1-11-4-5-12(2)14(8-11)18-10-13(16)9-15-6-7-17-3/h4-5,8,13,15-16H,6-7,9-10H2,1-3H3. The maximum absolute atomic E-state index is 9.85. The first-order valence-corrected chi connectivity index (χ1v) is 7.20. The van der Waals surface area contributed by atoms with E-state index in [-0.39, 0.29) is 6.10 Å². The third-order valence-corrected chi connectivity index (χ3v) is 3.94. The van der Waals surface area contributed by atoms with Crippen molar-refractivity contribution >= 4 is 11.8 Å². The molecule has 0 amide bonds. The van der Waals surface area contributed by atoms with Crippen molar-refractivity contribution in [2.45, 2.75) is 24.8 Å². The van der Waals surface area contributed by atoms with Crippen LogP contribution < -0.4 is 5.32 Å². The molecule has 1 unspecified atom stereocenters. The van der Waals surface area contributed by atoms with Crippen LogP contribution in [0.4, 0.5) is 0 Å². The molecule has 0 aliphatic heterocycles. The zero-order valence-corrected chi connectivity index (χ0v) is 12.2. The fourth-order valence-electron chi connectivity index (χ4n) is 1.55. The molecule has 0 spiro atoms. The first kappa shape index (κ1) is 15.5. The molecule has 0 aliphatic carbocycles. The number of aliphatic hydroxyl groups excluding tert-OH is 1. The van der Waals surface area contributed by atoms with E-state index in [1.54, 1.807) is 18.9 Å². The Bertz CT molecular complexity index is 358. The van der Waals surface area contributed by atoms with Crippen molar-refractivity contribution in [1.82, 2.24) is 5.32 Å². The van der Waals surface area contributed by atoms with Gasteiger partial charge in [0.25, 0.3) is 0 Å². The van der Waals surface area contributed by atoms with Gasteiger partial charge in [0.05, 0.1) is 12.7 Å². The van der Waals surface area contributed by atoms with E-state index >= 15 is 0 Å². The fourth-order valence-corrected chi connectivity index (χ4v) is 2.61. The van der Waals surface area contributed by atoms with E-state index in [9.17, 15) is 5.11 Å². The molecule has 4 heteroatoms. The van der Waals surface area contributed by atoms with E-state index in [0.717, 1.165) is 6.54 Å². The Balaban J connectivity index is 2.29. The van der Waals surface area contributed by atoms with Crippen molar-refractivity contribution in [1.29, 1.82) is 0 Å². The largest absolute Gasteiger partial charge is 0.391 e. The summed E-state index contributed by atoms with van der Waals surface area (Å²) in [6.45, 7) is 6.26. The molecule has 2 N–H and O–H groups in total. The van der Waals surface area contributed by atoms with Gasteiger partial charge in [0.15, 0.2) is 0 Å². The van der Waals surface area contributed by atoms with E-state index in [1.807, 2.05) is 0 Å². The predicted octanol–water partition coefficient (Wildman–Crippen LogP) is 1.99. The minimum atomic E-state index is -0.327. The average molecular weight is 269 g/mol. The number of rotatable bonds is 8. The van der Waals surface area contributed by atoms with Crippen molar-refractivity contribution in [3.63, 3.8) is 0 Å². The number of aliphatic hydroxyl groups is 1. The van der Waals surface area contributed by atoms with Crippen LogP contribution >= 0.6 is 11.8 Å². The van der Waals surface area contributed by atoms with Gasteiger partial charge in [0.2, 0.25) is 0 Å². The van der Waals surface area contributed by atoms with Gasteiger partial charge in [-0.25, -0.2) is 0 Å². The number of hydrogen-bond donors (Lipinski definition) is 2. The topological polar surface area (TPSA) is 41.5 Å². The van der Waals surface area contributed by atoms with E-state index in [0.29, 0.717) is 18.9 Å². The van der Waals surface area contributed by atoms with Crippen LogP contribution in [0, 0.1) is 13.8 Å². The minimum Gasteiger partial charge on any atom is -0.391 e. The van der Waals surface area contributed by atoms with Crippen molar-refractivity contribution in [3.8, 4) is 0 Å². The third-order valence-electron chi connectivity index (χ3n) is 2.64. The Hall–Kier alpha value is -0.550. The maximum Gasteiger partial charge on any atom is 0.0758 e. The molecular weight excluding hydrogens is 246 g/mol. The minimum absolute atomic E-state index is 0.327. The zero-order valence-electron chi connectivity index (χ0n) is 11.4. The van der Waals surface area contributed by atoms with Crippen LogP contribution in [0.1, 0.15) is 11.1 Å². The summed E-state index contributed by atoms with van der Waals surface area (Å²) in [6.07, 6.45) is -0.327. The van der Waals surface area contributed by atoms with Gasteiger partial charge in [-0.2, -0.15) is 0 Å². The van der Waals surface area contributed by atoms with Gasteiger partial charge in [-0.15, -0.1) is 11.8 Å². The summed E-state index contributed by atoms with van der Waals surface area (Å²) in [5.41, 5.74) is 2.53. The summed E-state index contributed by atoms with van der Waals surface area (Å²) in [6, 6.07) is 6.41. The number of methoxy groups -OCH3 is 1. The molecule has 0 aromatic heterocycles. The summed E-state index contributed by atoms with van der Waals surface area (Å²) in [7, 11) is 1.68. The van der Waals surface area contributed by atoms with Crippen molar-refractivity contribution in [3.05, 3.63) is 29.3 Å². The number of aryl methyl sites for hydroxylation is 2. The monoisotopic (exact) mass is 269 g/mol. The number of hydrogen-bond acceptors (Lipinski definition) is 4. The molecule has 1 aromatic carbocycles. The molecule has 0 radical (unpaired) electrons. The van der Waals surface area contributed by atoms with E-state index < -0.39 is 0 Å². The molecule has 0 heterocycles. The van der Waals surface area contributed by atoms with Gasteiger partial charge in [0.1, 0.15) is 0 Å². The lowest BCUT2D eigenvalue weighted by molar-refractivity contribution is 0.175. The SMILES string of the molecule is COCCNCC(O)CSc1cc(C)ccc1C. The molecule has 0 saturated heterocycles. The Kier molecular flexibility index (Phi) is 7.35. The lowest BCUT2D eigenvalue weighted by Crippen LogP contribution is -2.30. The molecule has 102 valence electrons. The summed E-state index contributed by atoms with van der Waals surface area (Å²) in [5.74, 6) is 0.713. The molecule has 0 bridgehead atoms. The van der Waals surface area contributed by atoms with E-state index in [2.05, 4.69) is 37.4 Å². The molecule has 3 nitrogen and oxygen atoms in total. The molecule has 0 fully saturated rings. The van der Waals surface area contributed by atoms with Crippen LogP contribution in [0.5, 0.6) is 0 Å². The van der Waals surface area contributed by atoms with Crippen molar-refractivity contribution in [2.24, 2.45) is 0 Å². The lowest BCUT2D eigenvalue weighted by Gasteiger charge is -2.12. The van der Waals surface area contributed by atoms with Gasteiger partial charge in [-0.3, -0.25) is 0 Å². The smallest absolute Gasteiger partial charge is 0.0758 e. The van der Waals surface area contributed by atoms with E-state index in [1.165, 1.54) is 16.0 Å². The highest BCUT2D eigenvalue weighted by molar-refractivity contribution is 7.99. The van der Waals surface area contributed by atoms with Gasteiger partial charge in [-0.1, -0.05) is 17.7 Å². The molecule has 0 aliphatic rings. The summed E-state index contributed by atoms with van der Waals surface area (Å²) in [4.78, 5) is 1.26. The highest BCUT2D eigenvalue weighted by Gasteiger charge is 2.06. The van der Waals surface area contributed by atoms with Crippen LogP contribution in [0.2, 0.25) is 0 Å². The third kappa shape index (κ3) is 5.87. The van der Waals surface area contributed by atoms with Crippen LogP contribution in [-0.2, 0) is 4.74 Å². The Morgan fingerprint density at radius 2 is 2.17 bits per heavy atom. The first-order valence-electron chi connectivity index (χ1n) is 6.21. The van der Waals surface area contributed by atoms with Gasteiger partial charge >= 0.3 is 0 Å². The lowest BCUT2D eigenvalue weighted by atomic mass is 10.2. The van der Waals surface area contributed by atoms with E-state index in [4.69, 9.17) is 4.74 Å². The molecule has 1 aromatic rings. The Labute approximate surface area is 114 Å². The normalized spacial score (nSPS) is 12.7. The molecule has 0 saturated carbocycles.